The third kappa shape index (κ3) is 5.35. The molecule has 0 saturated carbocycles. The fourth-order valence-corrected chi connectivity index (χ4v) is 4.37. The van der Waals surface area contributed by atoms with Gasteiger partial charge in [0.15, 0.2) is 12.4 Å². The highest BCUT2D eigenvalue weighted by Crippen LogP contribution is 2.20. The van der Waals surface area contributed by atoms with Crippen molar-refractivity contribution >= 4 is 21.9 Å². The summed E-state index contributed by atoms with van der Waals surface area (Å²) in [5.74, 6) is -0.111. The van der Waals surface area contributed by atoms with E-state index in [-0.39, 0.29) is 30.3 Å². The number of aryl methyl sites for hydroxylation is 1. The van der Waals surface area contributed by atoms with E-state index >= 15 is 0 Å². The van der Waals surface area contributed by atoms with Gasteiger partial charge in [0.05, 0.1) is 17.8 Å². The lowest BCUT2D eigenvalue weighted by Crippen LogP contribution is -2.31. The van der Waals surface area contributed by atoms with Crippen molar-refractivity contribution in [2.24, 2.45) is 4.40 Å². The summed E-state index contributed by atoms with van der Waals surface area (Å²) in [7, 11) is -3.94. The first-order chi connectivity index (χ1) is 15.8. The van der Waals surface area contributed by atoms with Crippen LogP contribution in [0.1, 0.15) is 35.3 Å². The van der Waals surface area contributed by atoms with E-state index in [9.17, 15) is 13.2 Å². The quantitative estimate of drug-likeness (QED) is 0.491. The Balaban J connectivity index is 1.43. The molecule has 2 heterocycles. The van der Waals surface area contributed by atoms with Crippen molar-refractivity contribution in [1.29, 1.82) is 0 Å². The fraction of sp³-hybridized carbons (Fsp3) is 0.217. The molecule has 0 spiro atoms. The van der Waals surface area contributed by atoms with Crippen LogP contribution in [0, 0.1) is 6.92 Å². The predicted octanol–water partition coefficient (Wildman–Crippen LogP) is 3.12. The molecule has 3 aromatic rings. The Morgan fingerprint density at radius 1 is 1.06 bits per heavy atom. The largest absolute Gasteiger partial charge is 0.452 e. The molecular formula is C23H22N4O5S. The molecule has 170 valence electrons. The van der Waals surface area contributed by atoms with Gasteiger partial charge < -0.3 is 9.26 Å². The number of rotatable bonds is 7. The average Bonchev–Trinajstić information content (AvgIpc) is 3.23. The number of ether oxygens (including phenoxy) is 1. The second kappa shape index (κ2) is 9.37. The molecule has 0 atom stereocenters. The van der Waals surface area contributed by atoms with Crippen molar-refractivity contribution in [2.45, 2.75) is 33.4 Å². The van der Waals surface area contributed by atoms with Crippen molar-refractivity contribution in [1.82, 2.24) is 14.4 Å². The summed E-state index contributed by atoms with van der Waals surface area (Å²) in [6.45, 7) is 3.25. The monoisotopic (exact) mass is 466 g/mol. The smallest absolute Gasteiger partial charge is 0.344 e. The second-order valence-electron chi connectivity index (χ2n) is 7.51. The topological polar surface area (TPSA) is 115 Å². The van der Waals surface area contributed by atoms with E-state index in [1.54, 1.807) is 24.3 Å². The standard InChI is InChI=1S/C23H22N4O5S/c1-16-8-6-7-11-19(16)12-21-24-22(32-25-21)15-31-23(28)20-14-27(33(29,30)26-17(20)2)13-18-9-4-3-5-10-18/h3-11,14H,12-13,15H2,1-2H3. The van der Waals surface area contributed by atoms with Gasteiger partial charge in [0.25, 0.3) is 5.89 Å². The summed E-state index contributed by atoms with van der Waals surface area (Å²) in [5.41, 5.74) is 3.03. The molecule has 2 aromatic carbocycles. The number of nitrogens with zero attached hydrogens (tertiary/aromatic N) is 4. The van der Waals surface area contributed by atoms with Crippen molar-refractivity contribution < 1.29 is 22.5 Å². The Hall–Kier alpha value is -3.79. The van der Waals surface area contributed by atoms with Crippen LogP contribution in [0.5, 0.6) is 0 Å². The van der Waals surface area contributed by atoms with Crippen LogP contribution in [0.25, 0.3) is 0 Å². The lowest BCUT2D eigenvalue weighted by atomic mass is 10.1. The molecule has 0 N–H and O–H groups in total. The van der Waals surface area contributed by atoms with E-state index in [4.69, 9.17) is 9.26 Å². The highest BCUT2D eigenvalue weighted by atomic mass is 32.2. The van der Waals surface area contributed by atoms with Gasteiger partial charge in [0, 0.05) is 12.6 Å². The Bertz CT molecular complexity index is 1330. The minimum absolute atomic E-state index is 0.0420. The highest BCUT2D eigenvalue weighted by Gasteiger charge is 2.29. The zero-order valence-corrected chi connectivity index (χ0v) is 18.9. The van der Waals surface area contributed by atoms with Crippen molar-refractivity contribution in [3.05, 3.63) is 94.8 Å². The summed E-state index contributed by atoms with van der Waals surface area (Å²) in [4.78, 5) is 16.9. The maximum absolute atomic E-state index is 12.7. The van der Waals surface area contributed by atoms with Gasteiger partial charge in [-0.1, -0.05) is 59.8 Å². The van der Waals surface area contributed by atoms with Crippen LogP contribution in [0.3, 0.4) is 0 Å². The summed E-state index contributed by atoms with van der Waals surface area (Å²) < 4.78 is 40.0. The normalized spacial score (nSPS) is 15.0. The zero-order valence-electron chi connectivity index (χ0n) is 18.1. The van der Waals surface area contributed by atoms with E-state index in [1.807, 2.05) is 37.3 Å². The van der Waals surface area contributed by atoms with Gasteiger partial charge >= 0.3 is 16.2 Å². The van der Waals surface area contributed by atoms with Crippen molar-refractivity contribution in [3.63, 3.8) is 0 Å². The Morgan fingerprint density at radius 2 is 1.79 bits per heavy atom. The Labute approximate surface area is 191 Å². The van der Waals surface area contributed by atoms with Gasteiger partial charge in [0.2, 0.25) is 0 Å². The molecule has 1 aromatic heterocycles. The molecule has 0 radical (unpaired) electrons. The van der Waals surface area contributed by atoms with Crippen LogP contribution < -0.4 is 0 Å². The van der Waals surface area contributed by atoms with Crippen LogP contribution >= 0.6 is 0 Å². The summed E-state index contributed by atoms with van der Waals surface area (Å²) >= 11 is 0. The number of hydrogen-bond donors (Lipinski definition) is 0. The molecule has 0 bridgehead atoms. The summed E-state index contributed by atoms with van der Waals surface area (Å²) in [6, 6.07) is 16.9. The van der Waals surface area contributed by atoms with Gasteiger partial charge in [-0.15, -0.1) is 4.40 Å². The van der Waals surface area contributed by atoms with E-state index in [0.29, 0.717) is 12.2 Å². The third-order valence-electron chi connectivity index (χ3n) is 5.06. The van der Waals surface area contributed by atoms with E-state index in [2.05, 4.69) is 14.5 Å². The first-order valence-electron chi connectivity index (χ1n) is 10.2. The number of carbonyl (C=O) groups is 1. The second-order valence-corrected chi connectivity index (χ2v) is 9.06. The highest BCUT2D eigenvalue weighted by molar-refractivity contribution is 7.88. The molecule has 1 aliphatic heterocycles. The number of hydrogen-bond acceptors (Lipinski definition) is 7. The minimum atomic E-state index is -3.94. The Morgan fingerprint density at radius 3 is 2.55 bits per heavy atom. The van der Waals surface area contributed by atoms with Crippen molar-refractivity contribution in [2.75, 3.05) is 0 Å². The van der Waals surface area contributed by atoms with Gasteiger partial charge in [-0.05, 0) is 30.5 Å². The molecule has 0 amide bonds. The minimum Gasteiger partial charge on any atom is -0.452 e. The first kappa shape index (κ1) is 22.4. The molecule has 0 unspecified atom stereocenters. The predicted molar refractivity (Wildman–Crippen MR) is 120 cm³/mol. The van der Waals surface area contributed by atoms with E-state index in [1.165, 1.54) is 13.1 Å². The van der Waals surface area contributed by atoms with E-state index < -0.39 is 16.2 Å². The van der Waals surface area contributed by atoms with Crippen molar-refractivity contribution in [3.8, 4) is 0 Å². The number of aromatic nitrogens is 2. The SMILES string of the molecule is CC1=NS(=O)(=O)N(Cc2ccccc2)C=C1C(=O)OCc1nc(Cc2ccccc2C)no1. The molecule has 1 aliphatic rings. The van der Waals surface area contributed by atoms with Gasteiger partial charge in [-0.2, -0.15) is 13.4 Å². The summed E-state index contributed by atoms with van der Waals surface area (Å²) in [5, 5.41) is 3.93. The molecule has 4 rings (SSSR count). The maximum atomic E-state index is 12.7. The molecule has 0 fully saturated rings. The van der Waals surface area contributed by atoms with Gasteiger partial charge in [-0.25, -0.2) is 4.79 Å². The van der Waals surface area contributed by atoms with E-state index in [0.717, 1.165) is 21.0 Å². The Kier molecular flexibility index (Phi) is 6.36. The molecular weight excluding hydrogens is 444 g/mol. The average molecular weight is 467 g/mol. The first-order valence-corrected chi connectivity index (χ1v) is 11.6. The fourth-order valence-electron chi connectivity index (χ4n) is 3.27. The third-order valence-corrected chi connectivity index (χ3v) is 6.39. The molecule has 0 aliphatic carbocycles. The number of carbonyl (C=O) groups excluding carboxylic acids is 1. The zero-order chi connectivity index (χ0) is 23.4. The molecule has 10 heteroatoms. The lowest BCUT2D eigenvalue weighted by Gasteiger charge is -2.23. The lowest BCUT2D eigenvalue weighted by molar-refractivity contribution is -0.140. The van der Waals surface area contributed by atoms with Crippen LogP contribution in [0.2, 0.25) is 0 Å². The summed E-state index contributed by atoms with van der Waals surface area (Å²) in [6.07, 6.45) is 1.73. The maximum Gasteiger partial charge on any atom is 0.344 e. The van der Waals surface area contributed by atoms with Crippen LogP contribution in [0.4, 0.5) is 0 Å². The van der Waals surface area contributed by atoms with Crippen LogP contribution in [-0.2, 0) is 39.3 Å². The number of benzene rings is 2. The number of esters is 1. The van der Waals surface area contributed by atoms with Gasteiger partial charge in [0.1, 0.15) is 0 Å². The van der Waals surface area contributed by atoms with Crippen LogP contribution in [-0.4, -0.2) is 34.5 Å². The van der Waals surface area contributed by atoms with Gasteiger partial charge in [-0.3, -0.25) is 4.31 Å². The molecule has 0 saturated heterocycles. The van der Waals surface area contributed by atoms with Crippen LogP contribution in [0.15, 0.2) is 75.3 Å². The molecule has 9 nitrogen and oxygen atoms in total. The molecule has 33 heavy (non-hydrogen) atoms.